The SMILES string of the molecule is O=C(CCNS(=O)(=O)c1ccccc1)N1CCCN(c2ccc(F)cc2)CC1. The predicted molar refractivity (Wildman–Crippen MR) is 106 cm³/mol. The highest BCUT2D eigenvalue weighted by Crippen LogP contribution is 2.17. The van der Waals surface area contributed by atoms with Crippen LogP contribution in [-0.4, -0.2) is 51.9 Å². The van der Waals surface area contributed by atoms with Gasteiger partial charge in [-0.3, -0.25) is 4.79 Å². The van der Waals surface area contributed by atoms with Crippen LogP contribution < -0.4 is 9.62 Å². The number of nitrogens with one attached hydrogen (secondary N) is 1. The van der Waals surface area contributed by atoms with E-state index in [0.717, 1.165) is 18.7 Å². The highest BCUT2D eigenvalue weighted by Gasteiger charge is 2.20. The Bertz CT molecular complexity index is 889. The molecule has 1 N–H and O–H groups in total. The summed E-state index contributed by atoms with van der Waals surface area (Å²) in [7, 11) is -3.60. The standard InChI is InChI=1S/C20H24FN3O3S/c21-17-7-9-18(10-8-17)23-13-4-14-24(16-15-23)20(25)11-12-22-28(26,27)19-5-2-1-3-6-19/h1-3,5-10,22H,4,11-16H2. The minimum absolute atomic E-state index is 0.0637. The molecule has 3 rings (SSSR count). The van der Waals surface area contributed by atoms with Gasteiger partial charge in [-0.2, -0.15) is 0 Å². The lowest BCUT2D eigenvalue weighted by molar-refractivity contribution is -0.130. The second-order valence-corrected chi connectivity index (χ2v) is 8.43. The molecule has 2 aromatic carbocycles. The first-order chi connectivity index (χ1) is 13.5. The van der Waals surface area contributed by atoms with Gasteiger partial charge < -0.3 is 9.80 Å². The summed E-state index contributed by atoms with van der Waals surface area (Å²) in [6.45, 7) is 2.70. The lowest BCUT2D eigenvalue weighted by atomic mass is 10.2. The fourth-order valence-corrected chi connectivity index (χ4v) is 4.26. The number of hydrogen-bond donors (Lipinski definition) is 1. The summed E-state index contributed by atoms with van der Waals surface area (Å²) in [6, 6.07) is 14.4. The van der Waals surface area contributed by atoms with Crippen LogP contribution >= 0.6 is 0 Å². The number of carbonyl (C=O) groups excluding carboxylic acids is 1. The molecule has 8 heteroatoms. The number of carbonyl (C=O) groups is 1. The normalized spacial score (nSPS) is 15.3. The van der Waals surface area contributed by atoms with Crippen molar-refractivity contribution in [3.63, 3.8) is 0 Å². The van der Waals surface area contributed by atoms with Crippen molar-refractivity contribution in [1.29, 1.82) is 0 Å². The van der Waals surface area contributed by atoms with Gasteiger partial charge in [0.2, 0.25) is 15.9 Å². The molecule has 0 aliphatic carbocycles. The zero-order valence-corrected chi connectivity index (χ0v) is 16.4. The molecule has 1 aliphatic heterocycles. The summed E-state index contributed by atoms with van der Waals surface area (Å²) in [4.78, 5) is 16.6. The van der Waals surface area contributed by atoms with Crippen LogP contribution in [0.1, 0.15) is 12.8 Å². The van der Waals surface area contributed by atoms with Crippen molar-refractivity contribution in [2.24, 2.45) is 0 Å². The number of rotatable bonds is 6. The van der Waals surface area contributed by atoms with Gasteiger partial charge in [0.25, 0.3) is 0 Å². The van der Waals surface area contributed by atoms with Gasteiger partial charge in [0.1, 0.15) is 5.82 Å². The Morgan fingerprint density at radius 2 is 1.68 bits per heavy atom. The molecule has 6 nitrogen and oxygen atoms in total. The Balaban J connectivity index is 1.49. The molecule has 0 unspecified atom stereocenters. The van der Waals surface area contributed by atoms with Crippen LogP contribution in [0.15, 0.2) is 59.5 Å². The van der Waals surface area contributed by atoms with Crippen molar-refractivity contribution >= 4 is 21.6 Å². The first kappa shape index (κ1) is 20.3. The van der Waals surface area contributed by atoms with Gasteiger partial charge in [-0.15, -0.1) is 0 Å². The third-order valence-electron chi connectivity index (χ3n) is 4.72. The highest BCUT2D eigenvalue weighted by atomic mass is 32.2. The summed E-state index contributed by atoms with van der Waals surface area (Å²) in [5.74, 6) is -0.343. The number of benzene rings is 2. The molecule has 1 amide bonds. The molecule has 1 heterocycles. The second kappa shape index (κ2) is 9.16. The van der Waals surface area contributed by atoms with Crippen LogP contribution in [0.2, 0.25) is 0 Å². The maximum atomic E-state index is 13.1. The van der Waals surface area contributed by atoms with Crippen molar-refractivity contribution in [1.82, 2.24) is 9.62 Å². The van der Waals surface area contributed by atoms with E-state index in [9.17, 15) is 17.6 Å². The van der Waals surface area contributed by atoms with E-state index in [4.69, 9.17) is 0 Å². The fourth-order valence-electron chi connectivity index (χ4n) is 3.21. The van der Waals surface area contributed by atoms with Gasteiger partial charge in [0.15, 0.2) is 0 Å². The average Bonchev–Trinajstić information content (AvgIpc) is 2.95. The third-order valence-corrected chi connectivity index (χ3v) is 6.20. The van der Waals surface area contributed by atoms with Gasteiger partial charge in [-0.1, -0.05) is 18.2 Å². The molecule has 0 spiro atoms. The molecular weight excluding hydrogens is 381 g/mol. The van der Waals surface area contributed by atoms with E-state index in [2.05, 4.69) is 9.62 Å². The number of anilines is 1. The van der Waals surface area contributed by atoms with Gasteiger partial charge in [-0.25, -0.2) is 17.5 Å². The topological polar surface area (TPSA) is 69.7 Å². The van der Waals surface area contributed by atoms with E-state index < -0.39 is 10.0 Å². The lowest BCUT2D eigenvalue weighted by Gasteiger charge is -2.23. The van der Waals surface area contributed by atoms with Crippen molar-refractivity contribution < 1.29 is 17.6 Å². The Morgan fingerprint density at radius 3 is 2.39 bits per heavy atom. The van der Waals surface area contributed by atoms with Crippen LogP contribution in [0.25, 0.3) is 0 Å². The van der Waals surface area contributed by atoms with Crippen LogP contribution in [0.3, 0.4) is 0 Å². The second-order valence-electron chi connectivity index (χ2n) is 6.66. The maximum Gasteiger partial charge on any atom is 0.240 e. The Kier molecular flexibility index (Phi) is 6.64. The van der Waals surface area contributed by atoms with Gasteiger partial charge >= 0.3 is 0 Å². The summed E-state index contributed by atoms with van der Waals surface area (Å²) >= 11 is 0. The molecule has 0 radical (unpaired) electrons. The Labute approximate surface area is 165 Å². The quantitative estimate of drug-likeness (QED) is 0.800. The van der Waals surface area contributed by atoms with E-state index >= 15 is 0 Å². The minimum atomic E-state index is -3.60. The molecule has 1 saturated heterocycles. The van der Waals surface area contributed by atoms with E-state index in [-0.39, 0.29) is 29.6 Å². The lowest BCUT2D eigenvalue weighted by Crippen LogP contribution is -2.37. The monoisotopic (exact) mass is 405 g/mol. The van der Waals surface area contributed by atoms with Gasteiger partial charge in [0, 0.05) is 44.8 Å². The molecule has 2 aromatic rings. The van der Waals surface area contributed by atoms with Crippen molar-refractivity contribution in [2.75, 3.05) is 37.6 Å². The van der Waals surface area contributed by atoms with E-state index in [1.807, 2.05) is 0 Å². The maximum absolute atomic E-state index is 13.1. The van der Waals surface area contributed by atoms with Crippen molar-refractivity contribution in [2.45, 2.75) is 17.7 Å². The molecule has 0 atom stereocenters. The predicted octanol–water partition coefficient (Wildman–Crippen LogP) is 2.23. The van der Waals surface area contributed by atoms with Crippen LogP contribution in [0, 0.1) is 5.82 Å². The number of hydrogen-bond acceptors (Lipinski definition) is 4. The molecule has 28 heavy (non-hydrogen) atoms. The molecule has 1 aliphatic rings. The zero-order valence-electron chi connectivity index (χ0n) is 15.6. The summed E-state index contributed by atoms with van der Waals surface area (Å²) in [5, 5.41) is 0. The highest BCUT2D eigenvalue weighted by molar-refractivity contribution is 7.89. The summed E-state index contributed by atoms with van der Waals surface area (Å²) in [6.07, 6.45) is 0.918. The summed E-state index contributed by atoms with van der Waals surface area (Å²) in [5.41, 5.74) is 0.936. The fraction of sp³-hybridized carbons (Fsp3) is 0.350. The number of sulfonamides is 1. The Hall–Kier alpha value is -2.45. The zero-order chi connectivity index (χ0) is 20.0. The molecular formula is C20H24FN3O3S. The number of halogens is 1. The van der Waals surface area contributed by atoms with Crippen LogP contribution in [0.4, 0.5) is 10.1 Å². The molecule has 0 saturated carbocycles. The van der Waals surface area contributed by atoms with Crippen molar-refractivity contribution in [3.8, 4) is 0 Å². The smallest absolute Gasteiger partial charge is 0.240 e. The molecule has 150 valence electrons. The van der Waals surface area contributed by atoms with Crippen molar-refractivity contribution in [3.05, 3.63) is 60.4 Å². The van der Waals surface area contributed by atoms with Crippen LogP contribution in [0.5, 0.6) is 0 Å². The van der Waals surface area contributed by atoms with Gasteiger partial charge in [-0.05, 0) is 42.8 Å². The summed E-state index contributed by atoms with van der Waals surface area (Å²) < 4.78 is 40.0. The average molecular weight is 405 g/mol. The molecule has 1 fully saturated rings. The number of nitrogens with zero attached hydrogens (tertiary/aromatic N) is 2. The Morgan fingerprint density at radius 1 is 0.964 bits per heavy atom. The first-order valence-electron chi connectivity index (χ1n) is 9.29. The third kappa shape index (κ3) is 5.30. The number of amides is 1. The van der Waals surface area contributed by atoms with E-state index in [1.54, 1.807) is 35.2 Å². The minimum Gasteiger partial charge on any atom is -0.370 e. The van der Waals surface area contributed by atoms with Gasteiger partial charge in [0.05, 0.1) is 4.90 Å². The first-order valence-corrected chi connectivity index (χ1v) is 10.8. The molecule has 0 aromatic heterocycles. The van der Waals surface area contributed by atoms with Crippen LogP contribution in [-0.2, 0) is 14.8 Å². The molecule has 0 bridgehead atoms. The van der Waals surface area contributed by atoms with E-state index in [1.165, 1.54) is 24.3 Å². The van der Waals surface area contributed by atoms with E-state index in [0.29, 0.717) is 19.6 Å². The largest absolute Gasteiger partial charge is 0.370 e.